The van der Waals surface area contributed by atoms with Crippen LogP contribution in [0.15, 0.2) is 11.4 Å². The molecule has 1 aliphatic heterocycles. The zero-order valence-electron chi connectivity index (χ0n) is 11.4. The molecule has 0 aliphatic carbocycles. The number of nitrogens with zero attached hydrogens (tertiary/aromatic N) is 1. The van der Waals surface area contributed by atoms with Crippen LogP contribution in [0.25, 0.3) is 0 Å². The molecule has 0 radical (unpaired) electrons. The topological polar surface area (TPSA) is 32.3 Å². The first-order chi connectivity index (χ1) is 8.61. The van der Waals surface area contributed by atoms with Gasteiger partial charge in [-0.1, -0.05) is 20.8 Å². The highest BCUT2D eigenvalue weighted by Crippen LogP contribution is 2.22. The minimum atomic E-state index is 0.0232. The number of carbonyl (C=O) groups is 1. The van der Waals surface area contributed by atoms with Crippen molar-refractivity contribution in [3.8, 4) is 0 Å². The Kier molecular flexibility index (Phi) is 4.40. The molecule has 1 unspecified atom stereocenters. The van der Waals surface area contributed by atoms with Gasteiger partial charge in [-0.2, -0.15) is 0 Å². The van der Waals surface area contributed by atoms with Crippen LogP contribution in [0.4, 0.5) is 0 Å². The molecule has 2 heterocycles. The lowest BCUT2D eigenvalue weighted by atomic mass is 10.2. The standard InChI is InChI=1S/C14H22N2OS/c1-4-11-6-8-18-13(11)9-16-7-5-12(14(16)17)15-10(2)3/h6,8,10,12,15H,4-5,7,9H2,1-3H3. The Morgan fingerprint density at radius 3 is 3.00 bits per heavy atom. The predicted octanol–water partition coefficient (Wildman–Crippen LogP) is 2.41. The molecule has 1 amide bonds. The largest absolute Gasteiger partial charge is 0.336 e. The summed E-state index contributed by atoms with van der Waals surface area (Å²) in [5.41, 5.74) is 1.38. The summed E-state index contributed by atoms with van der Waals surface area (Å²) >= 11 is 1.76. The van der Waals surface area contributed by atoms with E-state index in [-0.39, 0.29) is 11.9 Å². The zero-order valence-corrected chi connectivity index (χ0v) is 12.2. The number of thiophene rings is 1. The lowest BCUT2D eigenvalue weighted by Gasteiger charge is -2.18. The van der Waals surface area contributed by atoms with Gasteiger partial charge in [-0.05, 0) is 29.9 Å². The lowest BCUT2D eigenvalue weighted by Crippen LogP contribution is -2.41. The van der Waals surface area contributed by atoms with Crippen molar-refractivity contribution < 1.29 is 4.79 Å². The fraction of sp³-hybridized carbons (Fsp3) is 0.643. The van der Waals surface area contributed by atoms with Gasteiger partial charge in [0.2, 0.25) is 5.91 Å². The molecule has 1 fully saturated rings. The van der Waals surface area contributed by atoms with Crippen molar-refractivity contribution in [2.45, 2.75) is 52.2 Å². The number of hydrogen-bond acceptors (Lipinski definition) is 3. The van der Waals surface area contributed by atoms with Crippen LogP contribution in [0.1, 0.15) is 37.6 Å². The van der Waals surface area contributed by atoms with Crippen LogP contribution in [0.5, 0.6) is 0 Å². The highest BCUT2D eigenvalue weighted by molar-refractivity contribution is 7.10. The van der Waals surface area contributed by atoms with Gasteiger partial charge >= 0.3 is 0 Å². The molecule has 1 aromatic rings. The van der Waals surface area contributed by atoms with Gasteiger partial charge < -0.3 is 10.2 Å². The second-order valence-corrected chi connectivity index (χ2v) is 6.15. The molecule has 1 N–H and O–H groups in total. The Hall–Kier alpha value is -0.870. The number of amides is 1. The number of aryl methyl sites for hydroxylation is 1. The molecule has 0 bridgehead atoms. The zero-order chi connectivity index (χ0) is 13.1. The number of nitrogens with one attached hydrogen (secondary N) is 1. The molecule has 2 rings (SSSR count). The van der Waals surface area contributed by atoms with Gasteiger partial charge in [-0.3, -0.25) is 4.79 Å². The van der Waals surface area contributed by atoms with E-state index >= 15 is 0 Å². The van der Waals surface area contributed by atoms with E-state index in [0.29, 0.717) is 6.04 Å². The molecular weight excluding hydrogens is 244 g/mol. The minimum Gasteiger partial charge on any atom is -0.336 e. The van der Waals surface area contributed by atoms with E-state index in [1.165, 1.54) is 10.4 Å². The molecule has 1 saturated heterocycles. The molecule has 1 aliphatic rings. The third kappa shape index (κ3) is 2.93. The number of likely N-dealkylation sites (tertiary alicyclic amines) is 1. The van der Waals surface area contributed by atoms with Crippen molar-refractivity contribution in [3.05, 3.63) is 21.9 Å². The lowest BCUT2D eigenvalue weighted by molar-refractivity contribution is -0.130. The maximum atomic E-state index is 12.2. The Morgan fingerprint density at radius 1 is 1.56 bits per heavy atom. The van der Waals surface area contributed by atoms with Gasteiger partial charge in [-0.15, -0.1) is 11.3 Å². The van der Waals surface area contributed by atoms with E-state index in [9.17, 15) is 4.79 Å². The van der Waals surface area contributed by atoms with Crippen LogP contribution >= 0.6 is 11.3 Å². The maximum absolute atomic E-state index is 12.2. The highest BCUT2D eigenvalue weighted by atomic mass is 32.1. The SMILES string of the molecule is CCc1ccsc1CN1CCC(NC(C)C)C1=O. The summed E-state index contributed by atoms with van der Waals surface area (Å²) in [6, 6.07) is 2.56. The summed E-state index contributed by atoms with van der Waals surface area (Å²) in [7, 11) is 0. The molecule has 0 aromatic carbocycles. The number of carbonyl (C=O) groups excluding carboxylic acids is 1. The molecule has 1 aromatic heterocycles. The minimum absolute atomic E-state index is 0.0232. The van der Waals surface area contributed by atoms with E-state index in [1.54, 1.807) is 11.3 Å². The van der Waals surface area contributed by atoms with Gasteiger partial charge in [0, 0.05) is 17.5 Å². The van der Waals surface area contributed by atoms with Crippen LogP contribution in [0, 0.1) is 0 Å². The fourth-order valence-corrected chi connectivity index (χ4v) is 3.44. The van der Waals surface area contributed by atoms with E-state index in [1.807, 2.05) is 4.90 Å². The first-order valence-corrected chi connectivity index (χ1v) is 7.59. The molecular formula is C14H22N2OS. The smallest absolute Gasteiger partial charge is 0.240 e. The van der Waals surface area contributed by atoms with Gasteiger partial charge in [0.1, 0.15) is 0 Å². The van der Waals surface area contributed by atoms with Crippen LogP contribution in [0.3, 0.4) is 0 Å². The van der Waals surface area contributed by atoms with Crippen molar-refractivity contribution in [3.63, 3.8) is 0 Å². The van der Waals surface area contributed by atoms with Crippen LogP contribution in [-0.2, 0) is 17.8 Å². The van der Waals surface area contributed by atoms with Crippen LogP contribution in [0.2, 0.25) is 0 Å². The third-order valence-electron chi connectivity index (χ3n) is 3.39. The van der Waals surface area contributed by atoms with Crippen molar-refractivity contribution in [2.75, 3.05) is 6.54 Å². The molecule has 100 valence electrons. The van der Waals surface area contributed by atoms with Gasteiger partial charge in [-0.25, -0.2) is 0 Å². The monoisotopic (exact) mass is 266 g/mol. The second-order valence-electron chi connectivity index (χ2n) is 5.14. The maximum Gasteiger partial charge on any atom is 0.240 e. The second kappa shape index (κ2) is 5.85. The summed E-state index contributed by atoms with van der Waals surface area (Å²) in [5, 5.41) is 5.47. The summed E-state index contributed by atoms with van der Waals surface area (Å²) in [4.78, 5) is 15.6. The highest BCUT2D eigenvalue weighted by Gasteiger charge is 2.31. The van der Waals surface area contributed by atoms with E-state index in [2.05, 4.69) is 37.5 Å². The van der Waals surface area contributed by atoms with E-state index in [4.69, 9.17) is 0 Å². The summed E-state index contributed by atoms with van der Waals surface area (Å²) < 4.78 is 0. The summed E-state index contributed by atoms with van der Waals surface area (Å²) in [6.07, 6.45) is 1.98. The number of hydrogen-bond donors (Lipinski definition) is 1. The van der Waals surface area contributed by atoms with Crippen molar-refractivity contribution >= 4 is 17.2 Å². The number of rotatable bonds is 5. The summed E-state index contributed by atoms with van der Waals surface area (Å²) in [5.74, 6) is 0.263. The van der Waals surface area contributed by atoms with Gasteiger partial charge in [0.25, 0.3) is 0 Å². The van der Waals surface area contributed by atoms with Crippen molar-refractivity contribution in [1.82, 2.24) is 10.2 Å². The Balaban J connectivity index is 1.97. The fourth-order valence-electron chi connectivity index (χ4n) is 2.45. The summed E-state index contributed by atoms with van der Waals surface area (Å²) in [6.45, 7) is 8.01. The van der Waals surface area contributed by atoms with E-state index < -0.39 is 0 Å². The molecule has 3 nitrogen and oxygen atoms in total. The Bertz CT molecular complexity index is 414. The first kappa shape index (κ1) is 13.6. The van der Waals surface area contributed by atoms with E-state index in [0.717, 1.165) is 25.9 Å². The van der Waals surface area contributed by atoms with Gasteiger partial charge in [0.05, 0.1) is 12.6 Å². The first-order valence-electron chi connectivity index (χ1n) is 6.72. The predicted molar refractivity (Wildman–Crippen MR) is 75.8 cm³/mol. The average molecular weight is 266 g/mol. The molecule has 0 saturated carbocycles. The Labute approximate surface area is 113 Å². The molecule has 0 spiro atoms. The molecule has 4 heteroatoms. The van der Waals surface area contributed by atoms with Crippen molar-refractivity contribution in [1.29, 1.82) is 0 Å². The van der Waals surface area contributed by atoms with Crippen LogP contribution < -0.4 is 5.32 Å². The molecule has 18 heavy (non-hydrogen) atoms. The van der Waals surface area contributed by atoms with Crippen LogP contribution in [-0.4, -0.2) is 29.4 Å². The average Bonchev–Trinajstić information content (AvgIpc) is 2.90. The van der Waals surface area contributed by atoms with Crippen molar-refractivity contribution in [2.24, 2.45) is 0 Å². The quantitative estimate of drug-likeness (QED) is 0.887. The molecule has 1 atom stereocenters. The normalized spacial score (nSPS) is 20.1. The van der Waals surface area contributed by atoms with Gasteiger partial charge in [0.15, 0.2) is 0 Å². The Morgan fingerprint density at radius 2 is 2.33 bits per heavy atom. The third-order valence-corrected chi connectivity index (χ3v) is 4.33.